The molecule has 3 rings (SSSR count). The van der Waals surface area contributed by atoms with Gasteiger partial charge in [0.05, 0.1) is 30.8 Å². The van der Waals surface area contributed by atoms with E-state index in [1.165, 1.54) is 6.07 Å². The summed E-state index contributed by atoms with van der Waals surface area (Å²) >= 11 is 0. The number of carbonyl (C=O) groups is 1. The number of anilines is 2. The summed E-state index contributed by atoms with van der Waals surface area (Å²) in [5, 5.41) is 5.76. The molecule has 32 heavy (non-hydrogen) atoms. The predicted molar refractivity (Wildman–Crippen MR) is 124 cm³/mol. The fraction of sp³-hybridized carbons (Fsp3) is 0.208. The van der Waals surface area contributed by atoms with Crippen LogP contribution in [0, 0.1) is 6.92 Å². The molecule has 0 saturated heterocycles. The monoisotopic (exact) mass is 454 g/mol. The van der Waals surface area contributed by atoms with Crippen LogP contribution in [0.2, 0.25) is 0 Å². The van der Waals surface area contributed by atoms with E-state index in [0.717, 1.165) is 5.56 Å². The fourth-order valence-electron chi connectivity index (χ4n) is 3.06. The van der Waals surface area contributed by atoms with Crippen LogP contribution < -0.4 is 20.1 Å². The Hall–Kier alpha value is -3.52. The Bertz CT molecular complexity index is 1170. The van der Waals surface area contributed by atoms with Gasteiger partial charge >= 0.3 is 0 Å². The summed E-state index contributed by atoms with van der Waals surface area (Å²) in [6, 6.07) is 18.4. The van der Waals surface area contributed by atoms with Crippen molar-refractivity contribution in [2.75, 3.05) is 30.9 Å². The average Bonchev–Trinajstić information content (AvgIpc) is 2.79. The summed E-state index contributed by atoms with van der Waals surface area (Å²) in [5.74, 6) is 0.589. The minimum atomic E-state index is -3.80. The molecule has 0 fully saturated rings. The molecule has 0 aliphatic carbocycles. The number of rotatable bonds is 9. The van der Waals surface area contributed by atoms with Crippen molar-refractivity contribution < 1.29 is 22.7 Å². The summed E-state index contributed by atoms with van der Waals surface area (Å²) in [5.41, 5.74) is 2.01. The van der Waals surface area contributed by atoms with Crippen LogP contribution in [0.3, 0.4) is 0 Å². The van der Waals surface area contributed by atoms with Crippen LogP contribution in [0.5, 0.6) is 11.5 Å². The number of benzene rings is 3. The lowest BCUT2D eigenvalue weighted by Crippen LogP contribution is -2.22. The van der Waals surface area contributed by atoms with Crippen LogP contribution in [0.25, 0.3) is 0 Å². The van der Waals surface area contributed by atoms with Crippen molar-refractivity contribution in [2.24, 2.45) is 0 Å². The summed E-state index contributed by atoms with van der Waals surface area (Å²) in [4.78, 5) is 12.6. The standard InChI is InChI=1S/C24H26N2O5S/c1-4-31-24-21(25-16-23(27)26-18-10-12-19(30-3)13-11-18)6-5-7-22(24)32(28,29)20-14-8-17(2)9-15-20/h5-15,25H,4,16H2,1-3H3,(H,26,27). The highest BCUT2D eigenvalue weighted by Gasteiger charge is 2.24. The zero-order chi connectivity index (χ0) is 23.1. The van der Waals surface area contributed by atoms with E-state index >= 15 is 0 Å². The third-order valence-corrected chi connectivity index (χ3v) is 6.49. The Balaban J connectivity index is 1.81. The first-order chi connectivity index (χ1) is 15.3. The molecule has 1 amide bonds. The molecule has 168 valence electrons. The highest BCUT2D eigenvalue weighted by Crippen LogP contribution is 2.36. The topological polar surface area (TPSA) is 93.7 Å². The van der Waals surface area contributed by atoms with Crippen molar-refractivity contribution in [1.29, 1.82) is 0 Å². The van der Waals surface area contributed by atoms with Crippen LogP contribution in [-0.4, -0.2) is 34.6 Å². The van der Waals surface area contributed by atoms with Gasteiger partial charge in [0, 0.05) is 5.69 Å². The maximum Gasteiger partial charge on any atom is 0.243 e. The number of sulfone groups is 1. The third-order valence-electron chi connectivity index (χ3n) is 4.70. The van der Waals surface area contributed by atoms with Crippen LogP contribution in [0.4, 0.5) is 11.4 Å². The largest absolute Gasteiger partial charge is 0.497 e. The number of ether oxygens (including phenoxy) is 2. The first-order valence-electron chi connectivity index (χ1n) is 10.1. The second-order valence-electron chi connectivity index (χ2n) is 7.01. The number of amides is 1. The molecule has 0 aromatic heterocycles. The van der Waals surface area contributed by atoms with Gasteiger partial charge in [-0.1, -0.05) is 23.8 Å². The Labute approximate surface area is 188 Å². The van der Waals surface area contributed by atoms with Crippen LogP contribution in [-0.2, 0) is 14.6 Å². The number of aryl methyl sites for hydroxylation is 1. The van der Waals surface area contributed by atoms with Crippen LogP contribution in [0.15, 0.2) is 76.5 Å². The molecule has 8 heteroatoms. The average molecular weight is 455 g/mol. The van der Waals surface area contributed by atoms with Gasteiger partial charge in [0.2, 0.25) is 15.7 Å². The SMILES string of the molecule is CCOc1c(NCC(=O)Nc2ccc(OC)cc2)cccc1S(=O)(=O)c1ccc(C)cc1. The van der Waals surface area contributed by atoms with Crippen molar-refractivity contribution in [2.45, 2.75) is 23.6 Å². The molecule has 0 bridgehead atoms. The van der Waals surface area contributed by atoms with E-state index in [1.807, 2.05) is 6.92 Å². The lowest BCUT2D eigenvalue weighted by molar-refractivity contribution is -0.114. The molecule has 0 saturated carbocycles. The minimum absolute atomic E-state index is 0.0452. The summed E-state index contributed by atoms with van der Waals surface area (Å²) < 4.78 is 37.2. The van der Waals surface area contributed by atoms with Gasteiger partial charge in [-0.15, -0.1) is 0 Å². The zero-order valence-corrected chi connectivity index (χ0v) is 19.0. The molecule has 0 aliphatic rings. The van der Waals surface area contributed by atoms with Crippen LogP contribution >= 0.6 is 0 Å². The van der Waals surface area contributed by atoms with Crippen molar-refractivity contribution in [3.63, 3.8) is 0 Å². The Morgan fingerprint density at radius 2 is 1.66 bits per heavy atom. The van der Waals surface area contributed by atoms with Gasteiger partial charge in [0.1, 0.15) is 10.6 Å². The third kappa shape index (κ3) is 5.39. The first-order valence-corrected chi connectivity index (χ1v) is 11.6. The molecule has 3 aromatic rings. The first kappa shape index (κ1) is 23.1. The smallest absolute Gasteiger partial charge is 0.243 e. The van der Waals surface area contributed by atoms with Gasteiger partial charge < -0.3 is 20.1 Å². The molecule has 2 N–H and O–H groups in total. The molecule has 0 heterocycles. The lowest BCUT2D eigenvalue weighted by Gasteiger charge is -2.16. The van der Waals surface area contributed by atoms with E-state index in [0.29, 0.717) is 17.1 Å². The van der Waals surface area contributed by atoms with E-state index in [4.69, 9.17) is 9.47 Å². The van der Waals surface area contributed by atoms with E-state index < -0.39 is 9.84 Å². The minimum Gasteiger partial charge on any atom is -0.497 e. The van der Waals surface area contributed by atoms with Crippen LogP contribution in [0.1, 0.15) is 12.5 Å². The Morgan fingerprint density at radius 3 is 2.28 bits per heavy atom. The van der Waals surface area contributed by atoms with Gasteiger partial charge in [0.25, 0.3) is 0 Å². The summed E-state index contributed by atoms with van der Waals surface area (Å²) in [6.45, 7) is 3.87. The van der Waals surface area contributed by atoms with Crippen molar-refractivity contribution in [3.8, 4) is 11.5 Å². The van der Waals surface area contributed by atoms with Gasteiger partial charge in [-0.2, -0.15) is 0 Å². The second kappa shape index (κ2) is 10.2. The Morgan fingerprint density at radius 1 is 0.969 bits per heavy atom. The van der Waals surface area contributed by atoms with E-state index in [1.54, 1.807) is 74.7 Å². The fourth-order valence-corrected chi connectivity index (χ4v) is 4.48. The van der Waals surface area contributed by atoms with Crippen molar-refractivity contribution >= 4 is 27.1 Å². The van der Waals surface area contributed by atoms with E-state index in [2.05, 4.69) is 10.6 Å². The number of methoxy groups -OCH3 is 1. The van der Waals surface area contributed by atoms with Gasteiger partial charge in [0.15, 0.2) is 5.75 Å². The van der Waals surface area contributed by atoms with Crippen molar-refractivity contribution in [3.05, 3.63) is 72.3 Å². The van der Waals surface area contributed by atoms with Crippen molar-refractivity contribution in [1.82, 2.24) is 0 Å². The number of hydrogen-bond acceptors (Lipinski definition) is 6. The number of hydrogen-bond donors (Lipinski definition) is 2. The zero-order valence-electron chi connectivity index (χ0n) is 18.2. The number of nitrogens with one attached hydrogen (secondary N) is 2. The Kier molecular flexibility index (Phi) is 7.37. The van der Waals surface area contributed by atoms with Gasteiger partial charge in [-0.25, -0.2) is 8.42 Å². The molecular weight excluding hydrogens is 428 g/mol. The number of carbonyl (C=O) groups excluding carboxylic acids is 1. The molecule has 0 aliphatic heterocycles. The van der Waals surface area contributed by atoms with Gasteiger partial charge in [-0.05, 0) is 62.4 Å². The maximum atomic E-state index is 13.2. The molecule has 0 radical (unpaired) electrons. The normalized spacial score (nSPS) is 11.0. The number of para-hydroxylation sites is 1. The summed E-state index contributed by atoms with van der Waals surface area (Å²) in [6.07, 6.45) is 0. The van der Waals surface area contributed by atoms with E-state index in [-0.39, 0.29) is 34.6 Å². The highest BCUT2D eigenvalue weighted by molar-refractivity contribution is 7.91. The highest BCUT2D eigenvalue weighted by atomic mass is 32.2. The summed E-state index contributed by atoms with van der Waals surface area (Å²) in [7, 11) is -2.23. The van der Waals surface area contributed by atoms with Gasteiger partial charge in [-0.3, -0.25) is 4.79 Å². The molecule has 0 spiro atoms. The maximum absolute atomic E-state index is 13.2. The molecule has 0 atom stereocenters. The quantitative estimate of drug-likeness (QED) is 0.501. The predicted octanol–water partition coefficient (Wildman–Crippen LogP) is 4.29. The van der Waals surface area contributed by atoms with E-state index in [9.17, 15) is 13.2 Å². The second-order valence-corrected chi connectivity index (χ2v) is 8.93. The molecule has 3 aromatic carbocycles. The lowest BCUT2D eigenvalue weighted by atomic mass is 10.2. The molecular formula is C24H26N2O5S. The molecule has 7 nitrogen and oxygen atoms in total. The molecule has 0 unspecified atom stereocenters.